The summed E-state index contributed by atoms with van der Waals surface area (Å²) in [6.45, 7) is 15.4. The Morgan fingerprint density at radius 1 is 0.703 bits per heavy atom. The summed E-state index contributed by atoms with van der Waals surface area (Å²) >= 11 is 0. The number of benzene rings is 7. The normalized spacial score (nSPS) is 14.3. The molecule has 7 aromatic carbocycles. The van der Waals surface area contributed by atoms with Crippen molar-refractivity contribution in [1.82, 2.24) is 0 Å². The highest BCUT2D eigenvalue weighted by molar-refractivity contribution is 6.08. The van der Waals surface area contributed by atoms with Crippen molar-refractivity contribution in [3.05, 3.63) is 252 Å². The lowest BCUT2D eigenvalue weighted by atomic mass is 9.85. The van der Waals surface area contributed by atoms with Crippen molar-refractivity contribution in [3.63, 3.8) is 0 Å². The number of hydrogen-bond donors (Lipinski definition) is 0. The second kappa shape index (κ2) is 20.3. The predicted molar refractivity (Wildman–Crippen MR) is 282 cm³/mol. The van der Waals surface area contributed by atoms with Crippen LogP contribution in [-0.2, 0) is 0 Å². The quantitative estimate of drug-likeness (QED) is 0.0780. The van der Waals surface area contributed by atoms with Gasteiger partial charge >= 0.3 is 0 Å². The molecule has 0 heterocycles. The summed E-state index contributed by atoms with van der Waals surface area (Å²) < 4.78 is 0. The topological polar surface area (TPSA) is 3.24 Å². The van der Waals surface area contributed by atoms with E-state index in [1.165, 1.54) is 82.8 Å². The Labute approximate surface area is 381 Å². The molecule has 64 heavy (non-hydrogen) atoms. The predicted octanol–water partition coefficient (Wildman–Crippen LogP) is 18.1. The molecule has 0 saturated heterocycles. The largest absolute Gasteiger partial charge is 0.311 e. The molecule has 0 bridgehead atoms. The molecule has 1 nitrogen and oxygen atoms in total. The van der Waals surface area contributed by atoms with Gasteiger partial charge in [-0.05, 0) is 160 Å². The molecule has 0 spiro atoms. The molecule has 0 aliphatic heterocycles. The number of hydrogen-bond acceptors (Lipinski definition) is 1. The molecule has 0 aromatic heterocycles. The van der Waals surface area contributed by atoms with E-state index in [0.29, 0.717) is 5.92 Å². The minimum Gasteiger partial charge on any atom is -0.311 e. The van der Waals surface area contributed by atoms with Crippen LogP contribution in [0.1, 0.15) is 74.8 Å². The van der Waals surface area contributed by atoms with Crippen LogP contribution < -0.4 is 4.90 Å². The zero-order valence-electron chi connectivity index (χ0n) is 38.1. The molecule has 0 amide bonds. The first kappa shape index (κ1) is 43.4. The van der Waals surface area contributed by atoms with Crippen LogP contribution in [-0.4, -0.2) is 0 Å². The summed E-state index contributed by atoms with van der Waals surface area (Å²) in [6, 6.07) is 55.4. The van der Waals surface area contributed by atoms with E-state index >= 15 is 0 Å². The van der Waals surface area contributed by atoms with Gasteiger partial charge in [0.25, 0.3) is 0 Å². The fourth-order valence-electron chi connectivity index (χ4n) is 9.05. The van der Waals surface area contributed by atoms with E-state index in [4.69, 9.17) is 0 Å². The van der Waals surface area contributed by atoms with Crippen molar-refractivity contribution in [2.45, 2.75) is 53.9 Å². The van der Waals surface area contributed by atoms with E-state index < -0.39 is 0 Å². The van der Waals surface area contributed by atoms with Gasteiger partial charge in [0.1, 0.15) is 0 Å². The van der Waals surface area contributed by atoms with Crippen molar-refractivity contribution in [2.75, 3.05) is 4.90 Å². The van der Waals surface area contributed by atoms with Gasteiger partial charge in [0, 0.05) is 17.1 Å². The standard InChI is InChI=1S/C63H59N/c1-7-19-58-46(5)21-18-28-60(58)52-36-39-56(40-37-52)64(57-41-42-62-54(44-57)35-34-51-26-16-17-27-61(51)62)55(9-3)38-29-45(4)49-30-32-53(33-31-49)63(43-47(6)48-22-12-10-13-23-48)59(20-8-2)50-24-14-11-15-25-50/h7,9-12,14-22,24-44,47H,3,8,13,23H2,1-2,4-6H3/b19-7-,45-29+,55-38+,59-20-,63-43-. The summed E-state index contributed by atoms with van der Waals surface area (Å²) in [5.41, 5.74) is 16.9. The van der Waals surface area contributed by atoms with Crippen LogP contribution in [0, 0.1) is 12.8 Å². The van der Waals surface area contributed by atoms with Crippen LogP contribution in [0.4, 0.5) is 11.4 Å². The smallest absolute Gasteiger partial charge is 0.0468 e. The Morgan fingerprint density at radius 3 is 2.14 bits per heavy atom. The van der Waals surface area contributed by atoms with Crippen LogP contribution in [0.3, 0.4) is 0 Å². The number of fused-ring (bicyclic) bond motifs is 3. The second-order valence-electron chi connectivity index (χ2n) is 16.8. The van der Waals surface area contributed by atoms with Gasteiger partial charge in [0.2, 0.25) is 0 Å². The Morgan fingerprint density at radius 2 is 1.41 bits per heavy atom. The van der Waals surface area contributed by atoms with Gasteiger partial charge in [0.05, 0.1) is 0 Å². The van der Waals surface area contributed by atoms with Gasteiger partial charge in [-0.15, -0.1) is 0 Å². The summed E-state index contributed by atoms with van der Waals surface area (Å²) in [7, 11) is 0. The molecule has 1 heteroatoms. The molecule has 7 aromatic rings. The molecule has 1 aliphatic rings. The molecule has 1 atom stereocenters. The molecule has 0 radical (unpaired) electrons. The maximum atomic E-state index is 4.37. The van der Waals surface area contributed by atoms with Crippen molar-refractivity contribution >= 4 is 55.7 Å². The average Bonchev–Trinajstić information content (AvgIpc) is 3.35. The second-order valence-corrected chi connectivity index (χ2v) is 16.8. The Balaban J connectivity index is 1.17. The fourth-order valence-corrected chi connectivity index (χ4v) is 9.05. The van der Waals surface area contributed by atoms with E-state index in [1.807, 2.05) is 6.08 Å². The van der Waals surface area contributed by atoms with Crippen LogP contribution in [0.2, 0.25) is 0 Å². The minimum absolute atomic E-state index is 0.326. The lowest BCUT2D eigenvalue weighted by Gasteiger charge is -2.27. The van der Waals surface area contributed by atoms with Crippen molar-refractivity contribution < 1.29 is 0 Å². The molecular formula is C63H59N. The highest BCUT2D eigenvalue weighted by Gasteiger charge is 2.17. The zero-order chi connectivity index (χ0) is 44.4. The number of rotatable bonds is 14. The number of allylic oxidation sites excluding steroid dienone is 13. The average molecular weight is 830 g/mol. The van der Waals surface area contributed by atoms with E-state index in [-0.39, 0.29) is 0 Å². The summed E-state index contributed by atoms with van der Waals surface area (Å²) in [4.78, 5) is 2.32. The van der Waals surface area contributed by atoms with Gasteiger partial charge in [-0.25, -0.2) is 0 Å². The minimum atomic E-state index is 0.326. The first-order chi connectivity index (χ1) is 31.4. The van der Waals surface area contributed by atoms with Gasteiger partial charge in [-0.2, -0.15) is 0 Å². The van der Waals surface area contributed by atoms with Crippen LogP contribution in [0.5, 0.6) is 0 Å². The number of nitrogens with zero attached hydrogens (tertiary/aromatic N) is 1. The summed E-state index contributed by atoms with van der Waals surface area (Å²) in [5, 5.41) is 4.95. The lowest BCUT2D eigenvalue weighted by molar-refractivity contribution is 0.776. The van der Waals surface area contributed by atoms with Crippen molar-refractivity contribution in [2.24, 2.45) is 5.92 Å². The molecule has 8 rings (SSSR count). The van der Waals surface area contributed by atoms with Crippen LogP contribution >= 0.6 is 0 Å². The summed E-state index contributed by atoms with van der Waals surface area (Å²) in [6.07, 6.45) is 25.5. The monoisotopic (exact) mass is 829 g/mol. The zero-order valence-corrected chi connectivity index (χ0v) is 38.1. The van der Waals surface area contributed by atoms with Gasteiger partial charge in [0.15, 0.2) is 0 Å². The Bertz CT molecular complexity index is 3000. The molecule has 1 unspecified atom stereocenters. The Kier molecular flexibility index (Phi) is 13.8. The number of anilines is 2. The van der Waals surface area contributed by atoms with Gasteiger partial charge in [-0.1, -0.05) is 202 Å². The van der Waals surface area contributed by atoms with Gasteiger partial charge < -0.3 is 4.90 Å². The third kappa shape index (κ3) is 9.55. The third-order valence-corrected chi connectivity index (χ3v) is 12.5. The maximum Gasteiger partial charge on any atom is 0.0468 e. The SMILES string of the molecule is C=C/C(=C\C=C(/C)c1ccc(C(=C/C(C)C2=CC=CCC2)/C(=C\CC)c2ccccc2)cc1)N(c1ccc(-c2cccc(C)c2/C=C\C)cc1)c1ccc2c(ccc3ccccc32)c1. The summed E-state index contributed by atoms with van der Waals surface area (Å²) in [5.74, 6) is 0.326. The van der Waals surface area contributed by atoms with E-state index in [1.54, 1.807) is 0 Å². The van der Waals surface area contributed by atoms with Crippen molar-refractivity contribution in [1.29, 1.82) is 0 Å². The first-order valence-corrected chi connectivity index (χ1v) is 22.9. The van der Waals surface area contributed by atoms with E-state index in [9.17, 15) is 0 Å². The molecule has 0 saturated carbocycles. The van der Waals surface area contributed by atoms with E-state index in [0.717, 1.165) is 36.3 Å². The molecule has 0 fully saturated rings. The fraction of sp³-hybridized carbons (Fsp3) is 0.143. The Hall–Kier alpha value is -7.22. The van der Waals surface area contributed by atoms with Gasteiger partial charge in [-0.3, -0.25) is 0 Å². The number of aryl methyl sites for hydroxylation is 1. The van der Waals surface area contributed by atoms with Crippen molar-refractivity contribution in [3.8, 4) is 11.1 Å². The highest BCUT2D eigenvalue weighted by Crippen LogP contribution is 2.38. The lowest BCUT2D eigenvalue weighted by Crippen LogP contribution is -2.15. The molecule has 0 N–H and O–H groups in total. The maximum absolute atomic E-state index is 4.37. The molecule has 316 valence electrons. The first-order valence-electron chi connectivity index (χ1n) is 22.9. The highest BCUT2D eigenvalue weighted by atomic mass is 15.1. The molecule has 1 aliphatic carbocycles. The van der Waals surface area contributed by atoms with Crippen LogP contribution in [0.15, 0.2) is 224 Å². The molecular weight excluding hydrogens is 771 g/mol. The third-order valence-electron chi connectivity index (χ3n) is 12.5. The van der Waals surface area contributed by atoms with E-state index in [2.05, 4.69) is 252 Å². The van der Waals surface area contributed by atoms with Crippen LogP contribution in [0.25, 0.3) is 55.5 Å².